The Hall–Kier alpha value is -1.43. The first-order valence-electron chi connectivity index (χ1n) is 9.23. The Bertz CT molecular complexity index is 619. The van der Waals surface area contributed by atoms with Crippen molar-refractivity contribution in [1.29, 1.82) is 0 Å². The third kappa shape index (κ3) is 7.44. The molecular formula is C20H35N3O2S. The van der Waals surface area contributed by atoms with Crippen molar-refractivity contribution in [3.63, 3.8) is 0 Å². The number of aromatic nitrogens is 1. The molecule has 1 aromatic rings. The topological polar surface area (TPSA) is 62.3 Å². The number of carbonyl (C=O) groups excluding carboxylic acids is 2. The van der Waals surface area contributed by atoms with Crippen LogP contribution in [0.25, 0.3) is 0 Å². The average molecular weight is 382 g/mol. The number of aryl methyl sites for hydroxylation is 2. The molecule has 0 aliphatic carbocycles. The Labute approximate surface area is 162 Å². The molecule has 6 heteroatoms. The normalized spacial score (nSPS) is 13.4. The van der Waals surface area contributed by atoms with Gasteiger partial charge in [0.1, 0.15) is 6.54 Å². The smallest absolute Gasteiger partial charge is 0.245 e. The molecular weight excluding hydrogens is 346 g/mol. The van der Waals surface area contributed by atoms with E-state index in [1.807, 2.05) is 34.6 Å². The summed E-state index contributed by atoms with van der Waals surface area (Å²) in [7, 11) is 0. The number of rotatable bonds is 6. The van der Waals surface area contributed by atoms with Crippen molar-refractivity contribution in [2.24, 2.45) is 11.3 Å². The molecule has 5 nitrogen and oxygen atoms in total. The van der Waals surface area contributed by atoms with Gasteiger partial charge in [0.05, 0.1) is 5.69 Å². The van der Waals surface area contributed by atoms with Crippen LogP contribution in [-0.2, 0) is 9.59 Å². The molecule has 0 spiro atoms. The fourth-order valence-electron chi connectivity index (χ4n) is 3.05. The van der Waals surface area contributed by atoms with Crippen LogP contribution in [0.1, 0.15) is 71.9 Å². The summed E-state index contributed by atoms with van der Waals surface area (Å²) >= 11 is 1.46. The zero-order valence-electron chi connectivity index (χ0n) is 17.8. The van der Waals surface area contributed by atoms with E-state index in [1.54, 1.807) is 4.90 Å². The van der Waals surface area contributed by atoms with E-state index in [2.05, 4.69) is 38.0 Å². The van der Waals surface area contributed by atoms with Crippen molar-refractivity contribution >= 4 is 28.3 Å². The number of nitrogens with zero attached hydrogens (tertiary/aromatic N) is 2. The largest absolute Gasteiger partial charge is 0.329 e. The zero-order valence-corrected chi connectivity index (χ0v) is 18.6. The van der Waals surface area contributed by atoms with E-state index in [0.29, 0.717) is 11.6 Å². The van der Waals surface area contributed by atoms with Gasteiger partial charge in [-0.3, -0.25) is 9.59 Å². The molecule has 2 amide bonds. The molecule has 148 valence electrons. The standard InChI is InChI=1S/C20H35N3O2S/c1-13(11-19(4,5)6)10-17(25)23(20(7,8)9)12-16(24)22-18-21-14(2)15(3)26-18/h13H,10-12H2,1-9H3,(H,21,22,24). The summed E-state index contributed by atoms with van der Waals surface area (Å²) < 4.78 is 0. The summed E-state index contributed by atoms with van der Waals surface area (Å²) in [4.78, 5) is 32.4. The van der Waals surface area contributed by atoms with Gasteiger partial charge in [-0.25, -0.2) is 4.98 Å². The minimum absolute atomic E-state index is 0.0240. The lowest BCUT2D eigenvalue weighted by Gasteiger charge is -2.36. The van der Waals surface area contributed by atoms with E-state index < -0.39 is 5.54 Å². The lowest BCUT2D eigenvalue weighted by atomic mass is 9.84. The van der Waals surface area contributed by atoms with Crippen LogP contribution < -0.4 is 5.32 Å². The van der Waals surface area contributed by atoms with Gasteiger partial charge < -0.3 is 10.2 Å². The van der Waals surface area contributed by atoms with Crippen molar-refractivity contribution in [2.45, 2.75) is 80.7 Å². The number of hydrogen-bond acceptors (Lipinski definition) is 4. The van der Waals surface area contributed by atoms with E-state index in [4.69, 9.17) is 0 Å². The first-order valence-corrected chi connectivity index (χ1v) is 10.0. The molecule has 0 saturated heterocycles. The van der Waals surface area contributed by atoms with Gasteiger partial charge in [0.15, 0.2) is 5.13 Å². The van der Waals surface area contributed by atoms with Crippen LogP contribution in [0.15, 0.2) is 0 Å². The molecule has 1 unspecified atom stereocenters. The molecule has 0 saturated carbocycles. The van der Waals surface area contributed by atoms with Crippen molar-refractivity contribution in [3.8, 4) is 0 Å². The van der Waals surface area contributed by atoms with E-state index in [1.165, 1.54) is 11.3 Å². The summed E-state index contributed by atoms with van der Waals surface area (Å²) in [6, 6.07) is 0. The Kier molecular flexibility index (Phi) is 7.40. The highest BCUT2D eigenvalue weighted by atomic mass is 32.1. The van der Waals surface area contributed by atoms with Gasteiger partial charge >= 0.3 is 0 Å². The average Bonchev–Trinajstić information content (AvgIpc) is 2.70. The molecule has 1 aromatic heterocycles. The number of anilines is 1. The molecule has 1 atom stereocenters. The number of amides is 2. The highest BCUT2D eigenvalue weighted by molar-refractivity contribution is 7.15. The number of thiazole rings is 1. The zero-order chi connectivity index (χ0) is 20.3. The molecule has 1 N–H and O–H groups in total. The van der Waals surface area contributed by atoms with E-state index in [0.717, 1.165) is 17.0 Å². The number of nitrogens with one attached hydrogen (secondary N) is 1. The maximum absolute atomic E-state index is 12.9. The van der Waals surface area contributed by atoms with Gasteiger partial charge in [-0.1, -0.05) is 27.7 Å². The lowest BCUT2D eigenvalue weighted by Crippen LogP contribution is -2.49. The SMILES string of the molecule is Cc1nc(NC(=O)CN(C(=O)CC(C)CC(C)(C)C)C(C)(C)C)sc1C. The second-order valence-electron chi connectivity index (χ2n) is 9.43. The van der Waals surface area contributed by atoms with Crippen molar-refractivity contribution < 1.29 is 9.59 Å². The molecule has 0 aliphatic rings. The van der Waals surface area contributed by atoms with Crippen LogP contribution in [0.5, 0.6) is 0 Å². The number of carbonyl (C=O) groups is 2. The molecule has 0 aromatic carbocycles. The molecule has 26 heavy (non-hydrogen) atoms. The Morgan fingerprint density at radius 3 is 2.15 bits per heavy atom. The summed E-state index contributed by atoms with van der Waals surface area (Å²) in [6.07, 6.45) is 1.43. The van der Waals surface area contributed by atoms with Crippen LogP contribution in [0.4, 0.5) is 5.13 Å². The Morgan fingerprint density at radius 2 is 1.73 bits per heavy atom. The van der Waals surface area contributed by atoms with Crippen LogP contribution in [-0.4, -0.2) is 33.8 Å². The van der Waals surface area contributed by atoms with Gasteiger partial charge in [-0.2, -0.15) is 0 Å². The quantitative estimate of drug-likeness (QED) is 0.771. The second kappa shape index (κ2) is 8.51. The molecule has 1 rings (SSSR count). The van der Waals surface area contributed by atoms with Crippen LogP contribution in [0.3, 0.4) is 0 Å². The predicted molar refractivity (Wildman–Crippen MR) is 110 cm³/mol. The first kappa shape index (κ1) is 22.6. The van der Waals surface area contributed by atoms with Crippen molar-refractivity contribution in [1.82, 2.24) is 9.88 Å². The number of hydrogen-bond donors (Lipinski definition) is 1. The van der Waals surface area contributed by atoms with Crippen LogP contribution >= 0.6 is 11.3 Å². The maximum atomic E-state index is 12.9. The molecule has 0 bridgehead atoms. The maximum Gasteiger partial charge on any atom is 0.245 e. The second-order valence-corrected chi connectivity index (χ2v) is 10.6. The van der Waals surface area contributed by atoms with Gasteiger partial charge in [0, 0.05) is 16.8 Å². The Morgan fingerprint density at radius 1 is 1.15 bits per heavy atom. The van der Waals surface area contributed by atoms with Gasteiger partial charge in [-0.05, 0) is 52.4 Å². The Balaban J connectivity index is 2.77. The highest BCUT2D eigenvalue weighted by Crippen LogP contribution is 2.27. The van der Waals surface area contributed by atoms with Crippen molar-refractivity contribution in [2.75, 3.05) is 11.9 Å². The third-order valence-corrected chi connectivity index (χ3v) is 5.16. The van der Waals surface area contributed by atoms with Crippen LogP contribution in [0, 0.1) is 25.2 Å². The third-order valence-electron chi connectivity index (χ3n) is 4.17. The molecule has 0 radical (unpaired) electrons. The van der Waals surface area contributed by atoms with Gasteiger partial charge in [0.2, 0.25) is 11.8 Å². The van der Waals surface area contributed by atoms with E-state index >= 15 is 0 Å². The summed E-state index contributed by atoms with van der Waals surface area (Å²) in [5.41, 5.74) is 0.694. The van der Waals surface area contributed by atoms with E-state index in [9.17, 15) is 9.59 Å². The van der Waals surface area contributed by atoms with Gasteiger partial charge in [-0.15, -0.1) is 11.3 Å². The molecule has 1 heterocycles. The minimum Gasteiger partial charge on any atom is -0.329 e. The fourth-order valence-corrected chi connectivity index (χ4v) is 3.88. The summed E-state index contributed by atoms with van der Waals surface area (Å²) in [5, 5.41) is 3.42. The summed E-state index contributed by atoms with van der Waals surface area (Å²) in [5.74, 6) is 0.0982. The van der Waals surface area contributed by atoms with Gasteiger partial charge in [0.25, 0.3) is 0 Å². The highest BCUT2D eigenvalue weighted by Gasteiger charge is 2.30. The first-order chi connectivity index (χ1) is 11.7. The minimum atomic E-state index is -0.412. The molecule has 0 aliphatic heterocycles. The van der Waals surface area contributed by atoms with Crippen LogP contribution in [0.2, 0.25) is 0 Å². The predicted octanol–water partition coefficient (Wildman–Crippen LogP) is 4.79. The lowest BCUT2D eigenvalue weighted by molar-refractivity contribution is -0.140. The van der Waals surface area contributed by atoms with Crippen molar-refractivity contribution in [3.05, 3.63) is 10.6 Å². The van der Waals surface area contributed by atoms with E-state index in [-0.39, 0.29) is 29.7 Å². The fraction of sp³-hybridized carbons (Fsp3) is 0.750. The molecule has 0 fully saturated rings. The summed E-state index contributed by atoms with van der Waals surface area (Å²) in [6.45, 7) is 18.5. The monoisotopic (exact) mass is 381 g/mol.